The molecule has 0 spiro atoms. The molecule has 0 aliphatic heterocycles. The second-order valence-corrected chi connectivity index (χ2v) is 12.0. The molecule has 0 fully saturated rings. The van der Waals surface area contributed by atoms with Crippen LogP contribution in [0.1, 0.15) is 68.2 Å². The van der Waals surface area contributed by atoms with Crippen molar-refractivity contribution in [1.29, 1.82) is 0 Å². The highest BCUT2D eigenvalue weighted by atomic mass is 16.6. The Bertz CT molecular complexity index is 1540. The Balaban J connectivity index is 1.45. The third-order valence-corrected chi connectivity index (χ3v) is 9.01. The Morgan fingerprint density at radius 1 is 0.596 bits per heavy atom. The molecular weight excluding hydrogens is 596 g/mol. The van der Waals surface area contributed by atoms with E-state index in [1.807, 2.05) is 24.3 Å². The van der Waals surface area contributed by atoms with Gasteiger partial charge in [-0.1, -0.05) is 86.0 Å². The maximum atomic E-state index is 13.1. The van der Waals surface area contributed by atoms with Crippen LogP contribution in [0.3, 0.4) is 0 Å². The number of rotatable bonds is 14. The minimum atomic E-state index is -0.630. The van der Waals surface area contributed by atoms with E-state index in [4.69, 9.17) is 18.9 Å². The molecule has 0 radical (unpaired) electrons. The molecule has 0 aromatic heterocycles. The second kappa shape index (κ2) is 14.2. The van der Waals surface area contributed by atoms with Crippen LogP contribution >= 0.6 is 0 Å². The van der Waals surface area contributed by atoms with Crippen LogP contribution in [0.25, 0.3) is 0 Å². The predicted octanol–water partition coefficient (Wildman–Crippen LogP) is 6.28. The summed E-state index contributed by atoms with van der Waals surface area (Å²) in [4.78, 5) is 49.6. The Morgan fingerprint density at radius 3 is 1.28 bits per heavy atom. The van der Waals surface area contributed by atoms with Gasteiger partial charge in [0.1, 0.15) is 26.4 Å². The smallest absolute Gasteiger partial charge is 0.333 e. The van der Waals surface area contributed by atoms with Crippen molar-refractivity contribution < 1.29 is 38.1 Å². The number of esters is 4. The number of carbonyl (C=O) groups excluding carboxylic acids is 4. The van der Waals surface area contributed by atoms with Crippen LogP contribution in [0, 0.1) is 0 Å². The van der Waals surface area contributed by atoms with Gasteiger partial charge in [-0.05, 0) is 66.5 Å². The van der Waals surface area contributed by atoms with Crippen molar-refractivity contribution >= 4 is 23.9 Å². The molecule has 2 aromatic rings. The van der Waals surface area contributed by atoms with Crippen molar-refractivity contribution in [3.05, 3.63) is 131 Å². The number of benzene rings is 2. The highest BCUT2D eigenvalue weighted by molar-refractivity contribution is 5.87. The molecule has 0 amide bonds. The van der Waals surface area contributed by atoms with Crippen LogP contribution in [-0.4, -0.2) is 50.3 Å². The summed E-state index contributed by atoms with van der Waals surface area (Å²) < 4.78 is 21.1. The molecule has 2 aromatic carbocycles. The molecule has 0 saturated carbocycles. The van der Waals surface area contributed by atoms with E-state index in [2.05, 4.69) is 61.7 Å². The van der Waals surface area contributed by atoms with Gasteiger partial charge in [0.25, 0.3) is 0 Å². The van der Waals surface area contributed by atoms with E-state index in [0.29, 0.717) is 12.8 Å². The van der Waals surface area contributed by atoms with Gasteiger partial charge in [0, 0.05) is 34.8 Å². The topological polar surface area (TPSA) is 105 Å². The zero-order valence-corrected chi connectivity index (χ0v) is 27.0. The zero-order valence-electron chi connectivity index (χ0n) is 27.0. The van der Waals surface area contributed by atoms with E-state index in [1.54, 1.807) is 13.8 Å². The molecule has 0 atom stereocenters. The number of ether oxygens (including phenoxy) is 4. The summed E-state index contributed by atoms with van der Waals surface area (Å²) in [5.41, 5.74) is 5.91. The Morgan fingerprint density at radius 2 is 0.936 bits per heavy atom. The zero-order chi connectivity index (χ0) is 33.6. The van der Waals surface area contributed by atoms with Crippen LogP contribution in [0.4, 0.5) is 0 Å². The lowest BCUT2D eigenvalue weighted by atomic mass is 9.45. The van der Waals surface area contributed by atoms with Crippen LogP contribution in [0.2, 0.25) is 0 Å². The van der Waals surface area contributed by atoms with Crippen molar-refractivity contribution in [1.82, 2.24) is 0 Å². The predicted molar refractivity (Wildman–Crippen MR) is 176 cm³/mol. The summed E-state index contributed by atoms with van der Waals surface area (Å²) >= 11 is 0. The van der Waals surface area contributed by atoms with E-state index >= 15 is 0 Å². The summed E-state index contributed by atoms with van der Waals surface area (Å²) in [5, 5.41) is 0. The van der Waals surface area contributed by atoms with Gasteiger partial charge in [0.05, 0.1) is 0 Å². The van der Waals surface area contributed by atoms with Crippen molar-refractivity contribution in [2.45, 2.75) is 56.8 Å². The normalized spacial score (nSPS) is 19.9. The fourth-order valence-corrected chi connectivity index (χ4v) is 7.06. The van der Waals surface area contributed by atoms with Gasteiger partial charge in [-0.25, -0.2) is 9.59 Å². The fourth-order valence-electron chi connectivity index (χ4n) is 7.06. The summed E-state index contributed by atoms with van der Waals surface area (Å²) in [7, 11) is 0. The lowest BCUT2D eigenvalue weighted by molar-refractivity contribution is -0.150. The van der Waals surface area contributed by atoms with Crippen molar-refractivity contribution in [3.8, 4) is 0 Å². The van der Waals surface area contributed by atoms with Crippen LogP contribution in [0.15, 0.2) is 108 Å². The van der Waals surface area contributed by atoms with E-state index in [0.717, 1.165) is 39.8 Å². The number of hydrogen-bond acceptors (Lipinski definition) is 8. The molecule has 0 N–H and O–H groups in total. The molecule has 47 heavy (non-hydrogen) atoms. The standard InChI is InChI=1S/C39H40O8/c1-26(2)36(42)46-24-22-44-34(40)18-20-38-28-12-6-5-7-13-29(28)39(32-16-10-8-14-30(32)38,33-17-11-9-15-31(33)38)21-19-35(41)45-23-25-47-37(43)27(3)4/h6-17H,1,3,5,18-25H2,2,4H3. The van der Waals surface area contributed by atoms with Crippen molar-refractivity contribution in [2.24, 2.45) is 0 Å². The summed E-state index contributed by atoms with van der Waals surface area (Å²) in [6.45, 7) is 10.1. The van der Waals surface area contributed by atoms with Gasteiger partial charge in [-0.3, -0.25) is 9.59 Å². The number of carbonyl (C=O) groups is 4. The van der Waals surface area contributed by atoms with E-state index in [-0.39, 0.29) is 62.4 Å². The molecule has 244 valence electrons. The minimum absolute atomic E-state index is 0.0375. The summed E-state index contributed by atoms with van der Waals surface area (Å²) in [6.07, 6.45) is 10.6. The number of allylic oxidation sites excluding steroid dienone is 6. The highest BCUT2D eigenvalue weighted by Gasteiger charge is 2.58. The van der Waals surface area contributed by atoms with Gasteiger partial charge in [0.2, 0.25) is 0 Å². The molecule has 0 saturated heterocycles. The van der Waals surface area contributed by atoms with Crippen LogP contribution in [0.5, 0.6) is 0 Å². The first-order valence-corrected chi connectivity index (χ1v) is 15.9. The third kappa shape index (κ3) is 6.37. The van der Waals surface area contributed by atoms with Gasteiger partial charge in [-0.2, -0.15) is 0 Å². The molecule has 4 aliphatic rings. The van der Waals surface area contributed by atoms with E-state index < -0.39 is 22.8 Å². The lowest BCUT2D eigenvalue weighted by Gasteiger charge is -2.57. The maximum absolute atomic E-state index is 13.1. The fraction of sp³-hybridized carbons (Fsp3) is 0.333. The molecule has 2 bridgehead atoms. The molecule has 0 unspecified atom stereocenters. The maximum Gasteiger partial charge on any atom is 0.333 e. The molecule has 6 rings (SSSR count). The van der Waals surface area contributed by atoms with Crippen LogP contribution < -0.4 is 0 Å². The quantitative estimate of drug-likeness (QED) is 0.103. The SMILES string of the molecule is C=C(C)C(=O)OCCOC(=O)CCC12C3=C(C=CCC=C3)C(CCC(=O)OCCOC(=O)C(=C)C)(c3ccccc31)c1ccccc12. The van der Waals surface area contributed by atoms with Gasteiger partial charge in [-0.15, -0.1) is 0 Å². The average molecular weight is 637 g/mol. The average Bonchev–Trinajstić information content (AvgIpc) is 3.34. The Hall–Kier alpha value is -4.98. The van der Waals surface area contributed by atoms with Gasteiger partial charge >= 0.3 is 23.9 Å². The second-order valence-electron chi connectivity index (χ2n) is 12.0. The number of hydrogen-bond donors (Lipinski definition) is 0. The first kappa shape index (κ1) is 33.4. The monoisotopic (exact) mass is 636 g/mol. The Labute approximate surface area is 275 Å². The summed E-state index contributed by atoms with van der Waals surface area (Å²) in [6, 6.07) is 16.6. The first-order valence-electron chi connectivity index (χ1n) is 15.9. The lowest BCUT2D eigenvalue weighted by Crippen LogP contribution is -2.51. The molecule has 8 nitrogen and oxygen atoms in total. The largest absolute Gasteiger partial charge is 0.462 e. The van der Waals surface area contributed by atoms with Crippen LogP contribution in [-0.2, 0) is 49.0 Å². The third-order valence-electron chi connectivity index (χ3n) is 9.01. The molecule has 0 heterocycles. The molecule has 8 heteroatoms. The van der Waals surface area contributed by atoms with Crippen molar-refractivity contribution in [2.75, 3.05) is 26.4 Å². The van der Waals surface area contributed by atoms with E-state index in [9.17, 15) is 19.2 Å². The minimum Gasteiger partial charge on any atom is -0.462 e. The van der Waals surface area contributed by atoms with Gasteiger partial charge in [0.15, 0.2) is 0 Å². The van der Waals surface area contributed by atoms with Crippen molar-refractivity contribution in [3.63, 3.8) is 0 Å². The Kier molecular flexibility index (Phi) is 10.1. The molecule has 4 aliphatic carbocycles. The summed E-state index contributed by atoms with van der Waals surface area (Å²) in [5.74, 6) is -1.80. The highest BCUT2D eigenvalue weighted by Crippen LogP contribution is 2.65. The van der Waals surface area contributed by atoms with Gasteiger partial charge < -0.3 is 18.9 Å². The van der Waals surface area contributed by atoms with E-state index in [1.165, 1.54) is 0 Å². The first-order chi connectivity index (χ1) is 22.6. The molecular formula is C39H40O8.